The first-order valence-corrected chi connectivity index (χ1v) is 5.22. The molecule has 1 saturated heterocycles. The molecule has 11 heavy (non-hydrogen) atoms. The Hall–Kier alpha value is 0.250. The van der Waals surface area contributed by atoms with Crippen LogP contribution in [0.1, 0.15) is 32.6 Å². The summed E-state index contributed by atoms with van der Waals surface area (Å²) in [5.41, 5.74) is 0. The van der Waals surface area contributed by atoms with Crippen LogP contribution in [0, 0.1) is 0 Å². The maximum atomic E-state index is 5.87. The molecule has 0 amide bonds. The topological polar surface area (TPSA) is 3.24 Å². The second-order valence-corrected chi connectivity index (χ2v) is 3.65. The van der Waals surface area contributed by atoms with Gasteiger partial charge in [-0.05, 0) is 32.4 Å². The predicted molar refractivity (Wildman–Crippen MR) is 50.2 cm³/mol. The van der Waals surface area contributed by atoms with Crippen LogP contribution in [0.3, 0.4) is 0 Å². The van der Waals surface area contributed by atoms with Crippen LogP contribution < -0.4 is 0 Å². The third-order valence-corrected chi connectivity index (χ3v) is 2.79. The first kappa shape index (κ1) is 9.34. The van der Waals surface area contributed by atoms with Gasteiger partial charge in [-0.25, -0.2) is 0 Å². The fraction of sp³-hybridized carbons (Fsp3) is 1.00. The molecule has 1 unspecified atom stereocenters. The lowest BCUT2D eigenvalue weighted by atomic mass is 10.0. The van der Waals surface area contributed by atoms with Crippen LogP contribution in [0.15, 0.2) is 0 Å². The van der Waals surface area contributed by atoms with Crippen molar-refractivity contribution in [3.05, 3.63) is 0 Å². The summed E-state index contributed by atoms with van der Waals surface area (Å²) >= 11 is 5.87. The minimum atomic E-state index is 0.672. The van der Waals surface area contributed by atoms with E-state index in [2.05, 4.69) is 11.8 Å². The van der Waals surface area contributed by atoms with Crippen LogP contribution in [0.2, 0.25) is 0 Å². The molecule has 0 aromatic rings. The minimum absolute atomic E-state index is 0.672. The van der Waals surface area contributed by atoms with E-state index in [0.717, 1.165) is 5.88 Å². The van der Waals surface area contributed by atoms with Gasteiger partial charge in [0.1, 0.15) is 0 Å². The van der Waals surface area contributed by atoms with Gasteiger partial charge in [0.15, 0.2) is 0 Å². The Morgan fingerprint density at radius 3 is 2.91 bits per heavy atom. The summed E-state index contributed by atoms with van der Waals surface area (Å²) in [4.78, 5) is 2.54. The summed E-state index contributed by atoms with van der Waals surface area (Å²) < 4.78 is 0. The molecule has 66 valence electrons. The molecule has 0 saturated carbocycles. The predicted octanol–water partition coefficient (Wildman–Crippen LogP) is 2.49. The maximum absolute atomic E-state index is 5.87. The van der Waals surface area contributed by atoms with Crippen molar-refractivity contribution in [2.24, 2.45) is 0 Å². The Balaban J connectivity index is 2.31. The smallest absolute Gasteiger partial charge is 0.0379 e. The van der Waals surface area contributed by atoms with Crippen LogP contribution in [0.4, 0.5) is 0 Å². The van der Waals surface area contributed by atoms with Crippen molar-refractivity contribution < 1.29 is 0 Å². The number of piperidine rings is 1. The molecular weight excluding hydrogens is 158 g/mol. The van der Waals surface area contributed by atoms with Crippen LogP contribution in [-0.4, -0.2) is 29.9 Å². The number of hydrogen-bond donors (Lipinski definition) is 0. The molecule has 1 atom stereocenters. The standard InChI is InChI=1S/C9H18ClN/c1-2-6-11-7-4-3-5-9(11)8-10/h9H,2-8H2,1H3. The van der Waals surface area contributed by atoms with E-state index in [1.165, 1.54) is 38.8 Å². The molecule has 0 N–H and O–H groups in total. The van der Waals surface area contributed by atoms with E-state index in [-0.39, 0.29) is 0 Å². The Morgan fingerprint density at radius 2 is 2.27 bits per heavy atom. The van der Waals surface area contributed by atoms with Crippen molar-refractivity contribution in [2.75, 3.05) is 19.0 Å². The fourth-order valence-electron chi connectivity index (χ4n) is 1.82. The van der Waals surface area contributed by atoms with Crippen molar-refractivity contribution in [1.29, 1.82) is 0 Å². The molecule has 0 bridgehead atoms. The zero-order chi connectivity index (χ0) is 8.10. The van der Waals surface area contributed by atoms with E-state index in [1.54, 1.807) is 0 Å². The molecule has 1 heterocycles. The summed E-state index contributed by atoms with van der Waals surface area (Å²) in [5, 5.41) is 0. The van der Waals surface area contributed by atoms with E-state index < -0.39 is 0 Å². The van der Waals surface area contributed by atoms with Crippen molar-refractivity contribution in [3.8, 4) is 0 Å². The Morgan fingerprint density at radius 1 is 1.45 bits per heavy atom. The highest BCUT2D eigenvalue weighted by molar-refractivity contribution is 6.18. The van der Waals surface area contributed by atoms with Crippen molar-refractivity contribution >= 4 is 11.6 Å². The lowest BCUT2D eigenvalue weighted by Crippen LogP contribution is -2.40. The number of likely N-dealkylation sites (tertiary alicyclic amines) is 1. The van der Waals surface area contributed by atoms with Crippen LogP contribution in [-0.2, 0) is 0 Å². The Labute approximate surface area is 74.7 Å². The van der Waals surface area contributed by atoms with Crippen molar-refractivity contribution in [3.63, 3.8) is 0 Å². The van der Waals surface area contributed by atoms with Gasteiger partial charge in [-0.1, -0.05) is 13.3 Å². The summed E-state index contributed by atoms with van der Waals surface area (Å²) in [6, 6.07) is 0.672. The van der Waals surface area contributed by atoms with Gasteiger partial charge in [0, 0.05) is 11.9 Å². The SMILES string of the molecule is CCCN1CCCCC1CCl. The van der Waals surface area contributed by atoms with Gasteiger partial charge >= 0.3 is 0 Å². The van der Waals surface area contributed by atoms with E-state index >= 15 is 0 Å². The molecular formula is C9H18ClN. The monoisotopic (exact) mass is 175 g/mol. The summed E-state index contributed by atoms with van der Waals surface area (Å²) in [7, 11) is 0. The number of rotatable bonds is 3. The van der Waals surface area contributed by atoms with Crippen LogP contribution >= 0.6 is 11.6 Å². The van der Waals surface area contributed by atoms with Gasteiger partial charge < -0.3 is 0 Å². The minimum Gasteiger partial charge on any atom is -0.299 e. The molecule has 0 aromatic heterocycles. The average Bonchev–Trinajstić information content (AvgIpc) is 2.06. The number of nitrogens with zero attached hydrogens (tertiary/aromatic N) is 1. The van der Waals surface area contributed by atoms with Gasteiger partial charge in [-0.2, -0.15) is 0 Å². The summed E-state index contributed by atoms with van der Waals surface area (Å²) in [6.07, 6.45) is 5.31. The number of halogens is 1. The normalized spacial score (nSPS) is 27.3. The molecule has 0 radical (unpaired) electrons. The molecule has 1 rings (SSSR count). The number of hydrogen-bond acceptors (Lipinski definition) is 1. The molecule has 0 aliphatic carbocycles. The van der Waals surface area contributed by atoms with Crippen molar-refractivity contribution in [2.45, 2.75) is 38.6 Å². The largest absolute Gasteiger partial charge is 0.299 e. The van der Waals surface area contributed by atoms with Crippen LogP contribution in [0.5, 0.6) is 0 Å². The second-order valence-electron chi connectivity index (χ2n) is 3.34. The van der Waals surface area contributed by atoms with Gasteiger partial charge in [-0.15, -0.1) is 11.6 Å². The molecule has 2 heteroatoms. The van der Waals surface area contributed by atoms with E-state index in [0.29, 0.717) is 6.04 Å². The quantitative estimate of drug-likeness (QED) is 0.596. The van der Waals surface area contributed by atoms with Gasteiger partial charge in [0.05, 0.1) is 0 Å². The fourth-order valence-corrected chi connectivity index (χ4v) is 2.17. The zero-order valence-corrected chi connectivity index (χ0v) is 8.11. The van der Waals surface area contributed by atoms with Crippen molar-refractivity contribution in [1.82, 2.24) is 4.90 Å². The van der Waals surface area contributed by atoms with E-state index in [9.17, 15) is 0 Å². The molecule has 1 fully saturated rings. The molecule has 1 aliphatic heterocycles. The third-order valence-electron chi connectivity index (χ3n) is 2.44. The highest BCUT2D eigenvalue weighted by Crippen LogP contribution is 2.17. The van der Waals surface area contributed by atoms with E-state index in [4.69, 9.17) is 11.6 Å². The third kappa shape index (κ3) is 2.64. The second kappa shape index (κ2) is 5.00. The Bertz CT molecular complexity index is 104. The lowest BCUT2D eigenvalue weighted by Gasteiger charge is -2.34. The first-order chi connectivity index (χ1) is 5.38. The van der Waals surface area contributed by atoms with Crippen LogP contribution in [0.25, 0.3) is 0 Å². The average molecular weight is 176 g/mol. The van der Waals surface area contributed by atoms with Gasteiger partial charge in [0.2, 0.25) is 0 Å². The first-order valence-electron chi connectivity index (χ1n) is 4.68. The zero-order valence-electron chi connectivity index (χ0n) is 7.35. The highest BCUT2D eigenvalue weighted by Gasteiger charge is 2.19. The lowest BCUT2D eigenvalue weighted by molar-refractivity contribution is 0.163. The van der Waals surface area contributed by atoms with E-state index in [1.807, 2.05) is 0 Å². The molecule has 1 nitrogen and oxygen atoms in total. The highest BCUT2D eigenvalue weighted by atomic mass is 35.5. The Kier molecular flexibility index (Phi) is 4.24. The number of alkyl halides is 1. The summed E-state index contributed by atoms with van der Waals surface area (Å²) in [5.74, 6) is 0.819. The molecule has 1 aliphatic rings. The molecule has 0 aromatic carbocycles. The van der Waals surface area contributed by atoms with Gasteiger partial charge in [0.25, 0.3) is 0 Å². The summed E-state index contributed by atoms with van der Waals surface area (Å²) in [6.45, 7) is 4.74. The maximum Gasteiger partial charge on any atom is 0.0379 e. The molecule has 0 spiro atoms. The van der Waals surface area contributed by atoms with Gasteiger partial charge in [-0.3, -0.25) is 4.90 Å².